The molecule has 1 aromatic heterocycles. The number of aromatic nitrogens is 1. The fourth-order valence-electron chi connectivity index (χ4n) is 1.29. The lowest BCUT2D eigenvalue weighted by atomic mass is 10.1. The maximum Gasteiger partial charge on any atom is 0.160 e. The standard InChI is InChI=1S/C10H7BrFNOS/c11-10-13-8(5-14)9(15-10)6-2-1-3-7(12)4-6/h1-4,14H,5H2. The second kappa shape index (κ2) is 4.38. The molecule has 0 aliphatic rings. The first-order chi connectivity index (χ1) is 7.20. The van der Waals surface area contributed by atoms with Crippen LogP contribution in [0.25, 0.3) is 10.4 Å². The zero-order valence-corrected chi connectivity index (χ0v) is 9.98. The molecule has 15 heavy (non-hydrogen) atoms. The Morgan fingerprint density at radius 3 is 2.93 bits per heavy atom. The summed E-state index contributed by atoms with van der Waals surface area (Å²) in [7, 11) is 0. The minimum atomic E-state index is -0.291. The van der Waals surface area contributed by atoms with Crippen LogP contribution in [0.4, 0.5) is 4.39 Å². The van der Waals surface area contributed by atoms with Gasteiger partial charge in [-0.1, -0.05) is 12.1 Å². The van der Waals surface area contributed by atoms with Crippen molar-refractivity contribution in [2.24, 2.45) is 0 Å². The van der Waals surface area contributed by atoms with Crippen LogP contribution in [0, 0.1) is 5.82 Å². The van der Waals surface area contributed by atoms with Gasteiger partial charge in [-0.3, -0.25) is 0 Å². The number of hydrogen-bond donors (Lipinski definition) is 1. The van der Waals surface area contributed by atoms with Gasteiger partial charge >= 0.3 is 0 Å². The molecule has 0 aliphatic heterocycles. The predicted molar refractivity (Wildman–Crippen MR) is 61.1 cm³/mol. The summed E-state index contributed by atoms with van der Waals surface area (Å²) in [5, 5.41) is 9.09. The third-order valence-electron chi connectivity index (χ3n) is 1.91. The first-order valence-electron chi connectivity index (χ1n) is 4.22. The molecule has 78 valence electrons. The Morgan fingerprint density at radius 1 is 1.47 bits per heavy atom. The summed E-state index contributed by atoms with van der Waals surface area (Å²) in [4.78, 5) is 4.89. The lowest BCUT2D eigenvalue weighted by molar-refractivity contribution is 0.278. The Labute approximate surface area is 98.5 Å². The molecule has 2 nitrogen and oxygen atoms in total. The lowest BCUT2D eigenvalue weighted by Crippen LogP contribution is -1.86. The molecule has 0 saturated carbocycles. The minimum absolute atomic E-state index is 0.145. The van der Waals surface area contributed by atoms with Gasteiger partial charge in [0.2, 0.25) is 0 Å². The summed E-state index contributed by atoms with van der Waals surface area (Å²) in [6.07, 6.45) is 0. The zero-order chi connectivity index (χ0) is 10.8. The van der Waals surface area contributed by atoms with Crippen LogP contribution < -0.4 is 0 Å². The largest absolute Gasteiger partial charge is 0.390 e. The van der Waals surface area contributed by atoms with Gasteiger partial charge in [-0.2, -0.15) is 0 Å². The highest BCUT2D eigenvalue weighted by molar-refractivity contribution is 9.11. The van der Waals surface area contributed by atoms with E-state index in [1.165, 1.54) is 23.5 Å². The average Bonchev–Trinajstić information content (AvgIpc) is 2.59. The van der Waals surface area contributed by atoms with Crippen molar-refractivity contribution in [2.45, 2.75) is 6.61 Å². The number of aliphatic hydroxyl groups excluding tert-OH is 1. The average molecular weight is 288 g/mol. The second-order valence-corrected chi connectivity index (χ2v) is 5.19. The molecule has 0 radical (unpaired) electrons. The molecule has 1 N–H and O–H groups in total. The van der Waals surface area contributed by atoms with E-state index in [0.29, 0.717) is 9.61 Å². The van der Waals surface area contributed by atoms with E-state index in [9.17, 15) is 4.39 Å². The highest BCUT2D eigenvalue weighted by Gasteiger charge is 2.11. The van der Waals surface area contributed by atoms with E-state index in [0.717, 1.165) is 10.4 Å². The highest BCUT2D eigenvalue weighted by Crippen LogP contribution is 2.33. The maximum absolute atomic E-state index is 13.0. The van der Waals surface area contributed by atoms with Crippen LogP contribution in [0.15, 0.2) is 28.2 Å². The molecule has 2 aromatic rings. The molecule has 0 saturated heterocycles. The first-order valence-corrected chi connectivity index (χ1v) is 5.83. The van der Waals surface area contributed by atoms with Crippen LogP contribution in [-0.4, -0.2) is 10.1 Å². The van der Waals surface area contributed by atoms with Gasteiger partial charge in [-0.05, 0) is 33.6 Å². The highest BCUT2D eigenvalue weighted by atomic mass is 79.9. The van der Waals surface area contributed by atoms with Crippen molar-refractivity contribution in [3.63, 3.8) is 0 Å². The summed E-state index contributed by atoms with van der Waals surface area (Å²) in [6.45, 7) is -0.145. The normalized spacial score (nSPS) is 10.6. The molecular weight excluding hydrogens is 281 g/mol. The Morgan fingerprint density at radius 2 is 2.27 bits per heavy atom. The van der Waals surface area contributed by atoms with Crippen molar-refractivity contribution in [3.8, 4) is 10.4 Å². The number of thiazole rings is 1. The topological polar surface area (TPSA) is 33.1 Å². The van der Waals surface area contributed by atoms with Crippen molar-refractivity contribution in [3.05, 3.63) is 39.7 Å². The van der Waals surface area contributed by atoms with E-state index in [4.69, 9.17) is 5.11 Å². The van der Waals surface area contributed by atoms with E-state index in [1.807, 2.05) is 0 Å². The number of rotatable bonds is 2. The fourth-order valence-corrected chi connectivity index (χ4v) is 2.78. The molecule has 5 heteroatoms. The molecule has 0 amide bonds. The number of benzene rings is 1. The molecule has 1 aromatic carbocycles. The number of nitrogens with zero attached hydrogens (tertiary/aromatic N) is 1. The van der Waals surface area contributed by atoms with Gasteiger partial charge in [0.25, 0.3) is 0 Å². The molecule has 0 unspecified atom stereocenters. The van der Waals surface area contributed by atoms with Crippen molar-refractivity contribution in [1.29, 1.82) is 0 Å². The number of aliphatic hydroxyl groups is 1. The Kier molecular flexibility index (Phi) is 3.14. The summed E-state index contributed by atoms with van der Waals surface area (Å²) in [5.41, 5.74) is 1.31. The van der Waals surface area contributed by atoms with Crippen molar-refractivity contribution in [1.82, 2.24) is 4.98 Å². The number of halogens is 2. The predicted octanol–water partition coefficient (Wildman–Crippen LogP) is 3.20. The smallest absolute Gasteiger partial charge is 0.160 e. The summed E-state index contributed by atoms with van der Waals surface area (Å²) >= 11 is 4.62. The third kappa shape index (κ3) is 2.25. The molecular formula is C10H7BrFNOS. The lowest BCUT2D eigenvalue weighted by Gasteiger charge is -1.99. The van der Waals surface area contributed by atoms with Crippen LogP contribution in [-0.2, 0) is 6.61 Å². The second-order valence-electron chi connectivity index (χ2n) is 2.91. The van der Waals surface area contributed by atoms with Gasteiger partial charge in [0, 0.05) is 0 Å². The van der Waals surface area contributed by atoms with Crippen LogP contribution in [0.5, 0.6) is 0 Å². The Bertz CT molecular complexity index is 486. The summed E-state index contributed by atoms with van der Waals surface area (Å²) in [6, 6.07) is 6.25. The molecule has 1 heterocycles. The molecule has 0 bridgehead atoms. The van der Waals surface area contributed by atoms with Crippen molar-refractivity contribution < 1.29 is 9.50 Å². The van der Waals surface area contributed by atoms with E-state index in [2.05, 4.69) is 20.9 Å². The zero-order valence-electron chi connectivity index (χ0n) is 7.58. The fraction of sp³-hybridized carbons (Fsp3) is 0.100. The van der Waals surface area contributed by atoms with Crippen molar-refractivity contribution >= 4 is 27.3 Å². The van der Waals surface area contributed by atoms with Crippen LogP contribution in [0.1, 0.15) is 5.69 Å². The molecule has 0 fully saturated rings. The van der Waals surface area contributed by atoms with Gasteiger partial charge in [0.1, 0.15) is 5.82 Å². The van der Waals surface area contributed by atoms with Crippen LogP contribution in [0.3, 0.4) is 0 Å². The van der Waals surface area contributed by atoms with Gasteiger partial charge < -0.3 is 5.11 Å². The minimum Gasteiger partial charge on any atom is -0.390 e. The van der Waals surface area contributed by atoms with Gasteiger partial charge in [-0.25, -0.2) is 9.37 Å². The Hall–Kier alpha value is -0.780. The van der Waals surface area contributed by atoms with E-state index in [-0.39, 0.29) is 12.4 Å². The third-order valence-corrected chi connectivity index (χ3v) is 3.51. The van der Waals surface area contributed by atoms with Crippen LogP contribution in [0.2, 0.25) is 0 Å². The van der Waals surface area contributed by atoms with Gasteiger partial charge in [-0.15, -0.1) is 11.3 Å². The van der Waals surface area contributed by atoms with E-state index < -0.39 is 0 Å². The van der Waals surface area contributed by atoms with E-state index in [1.54, 1.807) is 12.1 Å². The molecule has 0 spiro atoms. The first kappa shape index (κ1) is 10.7. The summed E-state index contributed by atoms with van der Waals surface area (Å²) < 4.78 is 13.7. The molecule has 2 rings (SSSR count). The molecule has 0 atom stereocenters. The van der Waals surface area contributed by atoms with E-state index >= 15 is 0 Å². The van der Waals surface area contributed by atoms with Gasteiger partial charge in [0.05, 0.1) is 17.2 Å². The number of hydrogen-bond acceptors (Lipinski definition) is 3. The quantitative estimate of drug-likeness (QED) is 0.920. The van der Waals surface area contributed by atoms with Gasteiger partial charge in [0.15, 0.2) is 3.92 Å². The SMILES string of the molecule is OCc1nc(Br)sc1-c1cccc(F)c1. The molecule has 0 aliphatic carbocycles. The maximum atomic E-state index is 13.0. The summed E-state index contributed by atoms with van der Waals surface area (Å²) in [5.74, 6) is -0.291. The monoisotopic (exact) mass is 287 g/mol. The van der Waals surface area contributed by atoms with Crippen molar-refractivity contribution in [2.75, 3.05) is 0 Å². The van der Waals surface area contributed by atoms with Crippen LogP contribution >= 0.6 is 27.3 Å². The Balaban J connectivity index is 2.53.